The highest BCUT2D eigenvalue weighted by Gasteiger charge is 2.23. The summed E-state index contributed by atoms with van der Waals surface area (Å²) in [4.78, 5) is 16.7. The van der Waals surface area contributed by atoms with Gasteiger partial charge in [0.05, 0.1) is 7.11 Å². The Labute approximate surface area is 155 Å². The van der Waals surface area contributed by atoms with Crippen molar-refractivity contribution in [3.63, 3.8) is 0 Å². The number of piperazine rings is 1. The molecule has 0 bridgehead atoms. The highest BCUT2D eigenvalue weighted by Crippen LogP contribution is 2.22. The fourth-order valence-electron chi connectivity index (χ4n) is 3.92. The zero-order valence-electron chi connectivity index (χ0n) is 15.7. The second-order valence-electron chi connectivity index (χ2n) is 7.35. The predicted molar refractivity (Wildman–Crippen MR) is 99.6 cm³/mol. The summed E-state index contributed by atoms with van der Waals surface area (Å²) in [6, 6.07) is 4.63. The van der Waals surface area contributed by atoms with Gasteiger partial charge in [0, 0.05) is 44.7 Å². The van der Waals surface area contributed by atoms with Crippen molar-refractivity contribution in [2.75, 3.05) is 46.4 Å². The summed E-state index contributed by atoms with van der Waals surface area (Å²) in [6.07, 6.45) is 4.07. The summed E-state index contributed by atoms with van der Waals surface area (Å²) in [5.41, 5.74) is 0.859. The number of methoxy groups -OCH3 is 1. The van der Waals surface area contributed by atoms with E-state index in [9.17, 15) is 9.18 Å². The van der Waals surface area contributed by atoms with Gasteiger partial charge in [-0.3, -0.25) is 9.69 Å². The van der Waals surface area contributed by atoms with Gasteiger partial charge in [-0.15, -0.1) is 0 Å². The molecule has 1 N–H and O–H groups in total. The summed E-state index contributed by atoms with van der Waals surface area (Å²) >= 11 is 0. The van der Waals surface area contributed by atoms with Gasteiger partial charge in [-0.1, -0.05) is 0 Å². The molecule has 0 saturated carbocycles. The van der Waals surface area contributed by atoms with Crippen LogP contribution in [-0.2, 0) is 11.3 Å². The van der Waals surface area contributed by atoms with Crippen LogP contribution in [0.3, 0.4) is 0 Å². The number of nitrogens with zero attached hydrogens (tertiary/aromatic N) is 2. The Hall–Kier alpha value is -1.66. The lowest BCUT2D eigenvalue weighted by molar-refractivity contribution is -0.133. The molecule has 3 rings (SSSR count). The van der Waals surface area contributed by atoms with Gasteiger partial charge in [0.25, 0.3) is 0 Å². The van der Waals surface area contributed by atoms with Gasteiger partial charge in [-0.2, -0.15) is 0 Å². The van der Waals surface area contributed by atoms with Crippen LogP contribution >= 0.6 is 0 Å². The zero-order valence-corrected chi connectivity index (χ0v) is 15.7. The summed E-state index contributed by atoms with van der Waals surface area (Å²) in [5.74, 6) is 1.45. The van der Waals surface area contributed by atoms with Gasteiger partial charge >= 0.3 is 0 Å². The Morgan fingerprint density at radius 1 is 1.23 bits per heavy atom. The minimum Gasteiger partial charge on any atom is -0.496 e. The van der Waals surface area contributed by atoms with E-state index in [1.165, 1.54) is 25.0 Å². The molecule has 2 fully saturated rings. The maximum Gasteiger partial charge on any atom is 0.222 e. The molecule has 0 aromatic heterocycles. The number of carbonyl (C=O) groups excluding carboxylic acids is 1. The summed E-state index contributed by atoms with van der Waals surface area (Å²) in [6.45, 7) is 5.96. The second kappa shape index (κ2) is 9.33. The van der Waals surface area contributed by atoms with Gasteiger partial charge < -0.3 is 15.0 Å². The molecule has 2 heterocycles. The third-order valence-corrected chi connectivity index (χ3v) is 5.59. The molecule has 1 aromatic rings. The van der Waals surface area contributed by atoms with Gasteiger partial charge in [0.15, 0.2) is 0 Å². The van der Waals surface area contributed by atoms with E-state index in [1.54, 1.807) is 13.2 Å². The average Bonchev–Trinajstić information content (AvgIpc) is 2.68. The highest BCUT2D eigenvalue weighted by atomic mass is 19.1. The first-order valence-electron chi connectivity index (χ1n) is 9.69. The molecule has 26 heavy (non-hydrogen) atoms. The monoisotopic (exact) mass is 363 g/mol. The van der Waals surface area contributed by atoms with E-state index in [2.05, 4.69) is 10.2 Å². The largest absolute Gasteiger partial charge is 0.496 e. The van der Waals surface area contributed by atoms with Crippen LogP contribution in [0.2, 0.25) is 0 Å². The third kappa shape index (κ3) is 5.17. The van der Waals surface area contributed by atoms with E-state index >= 15 is 0 Å². The third-order valence-electron chi connectivity index (χ3n) is 5.59. The molecule has 144 valence electrons. The molecule has 0 radical (unpaired) electrons. The minimum absolute atomic E-state index is 0.243. The highest BCUT2D eigenvalue weighted by molar-refractivity contribution is 5.76. The minimum atomic E-state index is -0.243. The molecular formula is C20H30FN3O2. The Kier molecular flexibility index (Phi) is 6.86. The number of hydrogen-bond acceptors (Lipinski definition) is 4. The molecular weight excluding hydrogens is 333 g/mol. The lowest BCUT2D eigenvalue weighted by Crippen LogP contribution is -2.48. The van der Waals surface area contributed by atoms with Crippen LogP contribution in [0.25, 0.3) is 0 Å². The first-order valence-corrected chi connectivity index (χ1v) is 9.69. The average molecular weight is 363 g/mol. The van der Waals surface area contributed by atoms with Gasteiger partial charge in [-0.05, 0) is 56.5 Å². The van der Waals surface area contributed by atoms with Crippen LogP contribution in [0.4, 0.5) is 4.39 Å². The summed E-state index contributed by atoms with van der Waals surface area (Å²) in [7, 11) is 1.61. The lowest BCUT2D eigenvalue weighted by Gasteiger charge is -2.35. The number of benzene rings is 1. The van der Waals surface area contributed by atoms with Gasteiger partial charge in [-0.25, -0.2) is 4.39 Å². The zero-order chi connectivity index (χ0) is 18.4. The molecule has 0 atom stereocenters. The van der Waals surface area contributed by atoms with Crippen molar-refractivity contribution in [3.05, 3.63) is 29.6 Å². The molecule has 5 nitrogen and oxygen atoms in total. The number of halogens is 1. The van der Waals surface area contributed by atoms with Crippen molar-refractivity contribution >= 4 is 5.91 Å². The quantitative estimate of drug-likeness (QED) is 0.842. The Morgan fingerprint density at radius 3 is 2.65 bits per heavy atom. The van der Waals surface area contributed by atoms with Crippen LogP contribution in [0.1, 0.15) is 31.2 Å². The van der Waals surface area contributed by atoms with Crippen LogP contribution in [0, 0.1) is 11.7 Å². The Balaban J connectivity index is 1.43. The van der Waals surface area contributed by atoms with Crippen LogP contribution < -0.4 is 10.1 Å². The van der Waals surface area contributed by atoms with E-state index in [-0.39, 0.29) is 11.7 Å². The standard InChI is InChI=1S/C20H30FN3O2/c1-26-19-4-3-18(21)14-17(19)15-23-10-12-24(13-11-23)20(25)5-2-16-6-8-22-9-7-16/h3-4,14,16,22H,2,5-13,15H2,1H3. The van der Waals surface area contributed by atoms with Crippen LogP contribution in [-0.4, -0.2) is 62.1 Å². The van der Waals surface area contributed by atoms with Crippen LogP contribution in [0.15, 0.2) is 18.2 Å². The number of nitrogens with one attached hydrogen (secondary N) is 1. The van der Waals surface area contributed by atoms with E-state index in [0.717, 1.165) is 51.3 Å². The molecule has 0 unspecified atom stereocenters. The first-order chi connectivity index (χ1) is 12.7. The van der Waals surface area contributed by atoms with Crippen molar-refractivity contribution < 1.29 is 13.9 Å². The maximum absolute atomic E-state index is 13.5. The van der Waals surface area contributed by atoms with Crippen LogP contribution in [0.5, 0.6) is 5.75 Å². The van der Waals surface area contributed by atoms with Gasteiger partial charge in [0.1, 0.15) is 11.6 Å². The van der Waals surface area contributed by atoms with Crippen molar-refractivity contribution in [2.45, 2.75) is 32.2 Å². The number of amides is 1. The van der Waals surface area contributed by atoms with E-state index in [0.29, 0.717) is 24.6 Å². The van der Waals surface area contributed by atoms with E-state index in [1.807, 2.05) is 4.90 Å². The first kappa shape index (κ1) is 19.1. The number of rotatable bonds is 6. The lowest BCUT2D eigenvalue weighted by atomic mass is 9.93. The van der Waals surface area contributed by atoms with Crippen molar-refractivity contribution in [3.8, 4) is 5.75 Å². The fourth-order valence-corrected chi connectivity index (χ4v) is 3.92. The Morgan fingerprint density at radius 2 is 1.96 bits per heavy atom. The smallest absolute Gasteiger partial charge is 0.222 e. The number of hydrogen-bond donors (Lipinski definition) is 1. The molecule has 2 aliphatic heterocycles. The Bertz CT molecular complexity index is 597. The topological polar surface area (TPSA) is 44.8 Å². The fraction of sp³-hybridized carbons (Fsp3) is 0.650. The molecule has 2 saturated heterocycles. The molecule has 2 aliphatic rings. The molecule has 0 aliphatic carbocycles. The SMILES string of the molecule is COc1ccc(F)cc1CN1CCN(C(=O)CCC2CCNCC2)CC1. The molecule has 0 spiro atoms. The van der Waals surface area contributed by atoms with E-state index in [4.69, 9.17) is 4.74 Å². The number of ether oxygens (including phenoxy) is 1. The van der Waals surface area contributed by atoms with Crippen molar-refractivity contribution in [1.29, 1.82) is 0 Å². The maximum atomic E-state index is 13.5. The molecule has 1 aromatic carbocycles. The second-order valence-corrected chi connectivity index (χ2v) is 7.35. The summed E-state index contributed by atoms with van der Waals surface area (Å²) in [5, 5.41) is 3.37. The van der Waals surface area contributed by atoms with Gasteiger partial charge in [0.2, 0.25) is 5.91 Å². The number of piperidine rings is 1. The molecule has 1 amide bonds. The van der Waals surface area contributed by atoms with Crippen molar-refractivity contribution in [2.24, 2.45) is 5.92 Å². The normalized spacial score (nSPS) is 19.5. The van der Waals surface area contributed by atoms with Crippen molar-refractivity contribution in [1.82, 2.24) is 15.1 Å². The summed E-state index contributed by atoms with van der Waals surface area (Å²) < 4.78 is 18.8. The van der Waals surface area contributed by atoms with E-state index < -0.39 is 0 Å². The predicted octanol–water partition coefficient (Wildman–Crippen LogP) is 2.26. The number of carbonyl (C=O) groups is 1. The molecule has 6 heteroatoms.